The summed E-state index contributed by atoms with van der Waals surface area (Å²) < 4.78 is 27.7. The van der Waals surface area contributed by atoms with Crippen LogP contribution < -0.4 is 5.32 Å². The van der Waals surface area contributed by atoms with Crippen molar-refractivity contribution < 1.29 is 13.2 Å². The van der Waals surface area contributed by atoms with Crippen molar-refractivity contribution in [3.05, 3.63) is 53.3 Å². The maximum atomic E-state index is 13.0. The molecule has 0 unspecified atom stereocenters. The fourth-order valence-corrected chi connectivity index (χ4v) is 5.47. The number of anilines is 1. The van der Waals surface area contributed by atoms with E-state index in [4.69, 9.17) is 0 Å². The number of amidine groups is 1. The number of allylic oxidation sites excluding steroid dienone is 2. The molecule has 154 valence electrons. The second kappa shape index (κ2) is 8.33. The van der Waals surface area contributed by atoms with E-state index in [1.165, 1.54) is 0 Å². The zero-order valence-electron chi connectivity index (χ0n) is 16.3. The Labute approximate surface area is 175 Å². The highest BCUT2D eigenvalue weighted by Gasteiger charge is 2.30. The average molecular weight is 433 g/mol. The van der Waals surface area contributed by atoms with Crippen LogP contribution in [0.4, 0.5) is 5.69 Å². The Morgan fingerprint density at radius 3 is 2.83 bits per heavy atom. The van der Waals surface area contributed by atoms with Gasteiger partial charge in [0.05, 0.1) is 11.3 Å². The topological polar surface area (TPSA) is 82.1 Å². The summed E-state index contributed by atoms with van der Waals surface area (Å²) in [5.74, 6) is 2.09. The highest BCUT2D eigenvalue weighted by molar-refractivity contribution is 7.99. The molecule has 9 heteroatoms. The van der Waals surface area contributed by atoms with Crippen LogP contribution in [0.25, 0.3) is 0 Å². The number of amides is 1. The molecule has 29 heavy (non-hydrogen) atoms. The van der Waals surface area contributed by atoms with E-state index in [0.29, 0.717) is 6.54 Å². The first-order valence-electron chi connectivity index (χ1n) is 9.60. The molecule has 1 N–H and O–H groups in total. The molecule has 7 nitrogen and oxygen atoms in total. The zero-order chi connectivity index (χ0) is 20.4. The zero-order valence-corrected chi connectivity index (χ0v) is 17.9. The first-order valence-corrected chi connectivity index (χ1v) is 12.4. The number of hydrogen-bond donors (Lipinski definition) is 1. The fraction of sp³-hybridized carbons (Fsp3) is 0.400. The molecule has 0 atom stereocenters. The Balaban J connectivity index is 1.53. The van der Waals surface area contributed by atoms with Crippen molar-refractivity contribution in [3.63, 3.8) is 0 Å². The van der Waals surface area contributed by atoms with E-state index in [1.54, 1.807) is 23.3 Å². The van der Waals surface area contributed by atoms with Gasteiger partial charge in [-0.3, -0.25) is 9.69 Å². The summed E-state index contributed by atoms with van der Waals surface area (Å²) in [6, 6.07) is 6.11. The van der Waals surface area contributed by atoms with E-state index < -0.39 is 10.0 Å². The minimum atomic E-state index is -3.54. The van der Waals surface area contributed by atoms with Crippen LogP contribution in [0.15, 0.2) is 46.5 Å². The van der Waals surface area contributed by atoms with Gasteiger partial charge in [-0.1, -0.05) is 12.1 Å². The number of nitrogens with zero attached hydrogens (tertiary/aromatic N) is 3. The van der Waals surface area contributed by atoms with Gasteiger partial charge in [0.15, 0.2) is 5.84 Å². The number of carbonyl (C=O) groups is 1. The van der Waals surface area contributed by atoms with Crippen molar-refractivity contribution >= 4 is 39.2 Å². The summed E-state index contributed by atoms with van der Waals surface area (Å²) in [6.45, 7) is 5.24. The Bertz CT molecular complexity index is 1010. The number of sulfonamides is 1. The number of nitrogens with one attached hydrogen (secondary N) is 1. The van der Waals surface area contributed by atoms with E-state index >= 15 is 0 Å². The molecular weight excluding hydrogens is 408 g/mol. The summed E-state index contributed by atoms with van der Waals surface area (Å²) in [5.41, 5.74) is 3.10. The Morgan fingerprint density at radius 2 is 2.03 bits per heavy atom. The van der Waals surface area contributed by atoms with Crippen molar-refractivity contribution in [2.75, 3.05) is 42.2 Å². The van der Waals surface area contributed by atoms with Crippen molar-refractivity contribution in [2.24, 2.45) is 4.40 Å². The van der Waals surface area contributed by atoms with E-state index in [2.05, 4.69) is 20.7 Å². The lowest BCUT2D eigenvalue weighted by Crippen LogP contribution is -2.40. The van der Waals surface area contributed by atoms with Gasteiger partial charge in [0.2, 0.25) is 0 Å². The quantitative estimate of drug-likeness (QED) is 0.784. The highest BCUT2D eigenvalue weighted by Crippen LogP contribution is 2.23. The van der Waals surface area contributed by atoms with E-state index in [-0.39, 0.29) is 23.1 Å². The molecule has 0 saturated carbocycles. The molecule has 3 heterocycles. The van der Waals surface area contributed by atoms with Gasteiger partial charge < -0.3 is 10.2 Å². The molecule has 1 fully saturated rings. The molecule has 1 aromatic carbocycles. The maximum absolute atomic E-state index is 13.0. The standard InChI is InChI=1S/C20H24N4O3S2/c1-15-4-5-16(14-23-7-10-28-11-8-23)13-18(15)21-20(25)17-3-2-6-24-9-12-29(26,27)22-19(17)24/h2-6,13H,7-12,14H2,1H3,(H,21,25). The third kappa shape index (κ3) is 4.73. The van der Waals surface area contributed by atoms with Crippen LogP contribution in [0.2, 0.25) is 0 Å². The molecular formula is C20H24N4O3S2. The van der Waals surface area contributed by atoms with Crippen LogP contribution in [-0.2, 0) is 21.4 Å². The van der Waals surface area contributed by atoms with Gasteiger partial charge in [0.1, 0.15) is 0 Å². The summed E-state index contributed by atoms with van der Waals surface area (Å²) in [5, 5.41) is 2.95. The molecule has 0 spiro atoms. The molecule has 1 aromatic rings. The maximum Gasteiger partial charge on any atom is 0.259 e. The van der Waals surface area contributed by atoms with Gasteiger partial charge in [-0.15, -0.1) is 4.40 Å². The minimum absolute atomic E-state index is 0.0497. The molecule has 0 bridgehead atoms. The number of rotatable bonds is 4. The van der Waals surface area contributed by atoms with Crippen molar-refractivity contribution in [3.8, 4) is 0 Å². The van der Waals surface area contributed by atoms with Gasteiger partial charge >= 0.3 is 0 Å². The molecule has 0 aliphatic carbocycles. The molecule has 1 amide bonds. The van der Waals surface area contributed by atoms with Gasteiger partial charge in [-0.2, -0.15) is 11.8 Å². The monoisotopic (exact) mass is 432 g/mol. The molecule has 3 aliphatic heterocycles. The predicted molar refractivity (Wildman–Crippen MR) is 118 cm³/mol. The van der Waals surface area contributed by atoms with Crippen molar-refractivity contribution in [1.82, 2.24) is 9.80 Å². The third-order valence-electron chi connectivity index (χ3n) is 5.16. The third-order valence-corrected chi connectivity index (χ3v) is 7.25. The van der Waals surface area contributed by atoms with E-state index in [1.807, 2.05) is 30.8 Å². The Morgan fingerprint density at radius 1 is 1.24 bits per heavy atom. The number of aryl methyl sites for hydroxylation is 1. The van der Waals surface area contributed by atoms with Crippen molar-refractivity contribution in [1.29, 1.82) is 0 Å². The van der Waals surface area contributed by atoms with Gasteiger partial charge in [-0.05, 0) is 36.3 Å². The Hall–Kier alpha value is -2.10. The smallest absolute Gasteiger partial charge is 0.259 e. The number of thioether (sulfide) groups is 1. The first-order chi connectivity index (χ1) is 13.9. The van der Waals surface area contributed by atoms with E-state index in [0.717, 1.165) is 48.0 Å². The van der Waals surface area contributed by atoms with Crippen LogP contribution in [0, 0.1) is 6.92 Å². The molecule has 1 saturated heterocycles. The number of fused-ring (bicyclic) bond motifs is 1. The minimum Gasteiger partial charge on any atom is -0.331 e. The first kappa shape index (κ1) is 20.2. The average Bonchev–Trinajstić information content (AvgIpc) is 2.70. The Kier molecular flexibility index (Phi) is 5.80. The summed E-state index contributed by atoms with van der Waals surface area (Å²) in [7, 11) is -3.54. The van der Waals surface area contributed by atoms with Crippen LogP contribution in [0.3, 0.4) is 0 Å². The predicted octanol–water partition coefficient (Wildman–Crippen LogP) is 1.98. The summed E-state index contributed by atoms with van der Waals surface area (Å²) in [6.07, 6.45) is 5.09. The molecule has 3 aliphatic rings. The fourth-order valence-electron chi connectivity index (χ4n) is 3.50. The summed E-state index contributed by atoms with van der Waals surface area (Å²) >= 11 is 1.98. The van der Waals surface area contributed by atoms with Crippen LogP contribution in [-0.4, -0.2) is 66.9 Å². The number of carbonyl (C=O) groups excluding carboxylic acids is 1. The molecule has 0 radical (unpaired) electrons. The normalized spacial score (nSPS) is 21.2. The van der Waals surface area contributed by atoms with Crippen molar-refractivity contribution in [2.45, 2.75) is 13.5 Å². The van der Waals surface area contributed by atoms with Crippen LogP contribution in [0.1, 0.15) is 11.1 Å². The second-order valence-electron chi connectivity index (χ2n) is 7.31. The van der Waals surface area contributed by atoms with Gasteiger partial charge in [-0.25, -0.2) is 8.42 Å². The molecule has 4 rings (SSSR count). The van der Waals surface area contributed by atoms with Gasteiger partial charge in [0, 0.05) is 49.6 Å². The largest absolute Gasteiger partial charge is 0.331 e. The van der Waals surface area contributed by atoms with Crippen LogP contribution in [0.5, 0.6) is 0 Å². The second-order valence-corrected chi connectivity index (χ2v) is 10.3. The van der Waals surface area contributed by atoms with E-state index in [9.17, 15) is 13.2 Å². The highest BCUT2D eigenvalue weighted by atomic mass is 32.2. The number of hydrogen-bond acceptors (Lipinski definition) is 6. The SMILES string of the molecule is Cc1ccc(CN2CCSCC2)cc1NC(=O)C1=CC=CN2CCS(=O)(=O)N=C12. The lowest BCUT2D eigenvalue weighted by atomic mass is 10.1. The lowest BCUT2D eigenvalue weighted by Gasteiger charge is -2.28. The van der Waals surface area contributed by atoms with Gasteiger partial charge in [0.25, 0.3) is 15.9 Å². The van der Waals surface area contributed by atoms with Crippen LogP contribution >= 0.6 is 11.8 Å². The number of benzene rings is 1. The summed E-state index contributed by atoms with van der Waals surface area (Å²) in [4.78, 5) is 17.1. The molecule has 0 aromatic heterocycles. The lowest BCUT2D eigenvalue weighted by molar-refractivity contribution is -0.112.